The fourth-order valence-corrected chi connectivity index (χ4v) is 6.61. The van der Waals surface area contributed by atoms with Gasteiger partial charge in [0.1, 0.15) is 0 Å². The van der Waals surface area contributed by atoms with Crippen LogP contribution in [0.4, 0.5) is 0 Å². The molecule has 9 nitrogen and oxygen atoms in total. The van der Waals surface area contributed by atoms with Crippen molar-refractivity contribution in [2.24, 2.45) is 5.92 Å². The number of aromatic nitrogens is 3. The topological polar surface area (TPSA) is 92.6 Å². The summed E-state index contributed by atoms with van der Waals surface area (Å²) in [6.45, 7) is 4.57. The molecule has 4 atom stereocenters. The van der Waals surface area contributed by atoms with Crippen molar-refractivity contribution in [1.29, 1.82) is 0 Å². The summed E-state index contributed by atoms with van der Waals surface area (Å²) in [6.07, 6.45) is 8.54. The average Bonchev–Trinajstić information content (AvgIpc) is 3.63. The number of amides is 1. The van der Waals surface area contributed by atoms with E-state index < -0.39 is 5.97 Å². The minimum absolute atomic E-state index is 0.0243. The summed E-state index contributed by atoms with van der Waals surface area (Å²) in [6, 6.07) is 2.47. The minimum atomic E-state index is -0.502. The number of nitrogens with one attached hydrogen (secondary N) is 1. The third kappa shape index (κ3) is 5.04. The van der Waals surface area contributed by atoms with Crippen molar-refractivity contribution in [1.82, 2.24) is 30.1 Å². The van der Waals surface area contributed by atoms with Crippen molar-refractivity contribution in [2.75, 3.05) is 33.3 Å². The molecule has 0 aliphatic carbocycles. The Morgan fingerprint density at radius 3 is 2.94 bits per heavy atom. The molecule has 0 unspecified atom stereocenters. The Morgan fingerprint density at radius 1 is 1.24 bits per heavy atom. The van der Waals surface area contributed by atoms with E-state index in [-0.39, 0.29) is 23.7 Å². The van der Waals surface area contributed by atoms with Crippen molar-refractivity contribution in [3.8, 4) is 0 Å². The van der Waals surface area contributed by atoms with Crippen molar-refractivity contribution >= 4 is 23.2 Å². The van der Waals surface area contributed by atoms with Crippen molar-refractivity contribution in [3.63, 3.8) is 0 Å². The van der Waals surface area contributed by atoms with Crippen LogP contribution >= 0.6 is 11.3 Å². The minimum Gasteiger partial charge on any atom is -0.464 e. The molecule has 0 aromatic carbocycles. The van der Waals surface area contributed by atoms with Crippen LogP contribution in [0.3, 0.4) is 0 Å². The monoisotopic (exact) mass is 486 g/mol. The highest BCUT2D eigenvalue weighted by atomic mass is 32.1. The fourth-order valence-electron chi connectivity index (χ4n) is 5.95. The number of fused-ring (bicyclic) bond motifs is 1. The summed E-state index contributed by atoms with van der Waals surface area (Å²) in [7, 11) is 1.33. The third-order valence-corrected chi connectivity index (χ3v) is 8.43. The van der Waals surface area contributed by atoms with Crippen molar-refractivity contribution < 1.29 is 14.3 Å². The molecule has 0 saturated carbocycles. The Bertz CT molecular complexity index is 977. The first-order valence-corrected chi connectivity index (χ1v) is 13.3. The second-order valence-corrected chi connectivity index (χ2v) is 10.6. The molecule has 3 aliphatic heterocycles. The lowest BCUT2D eigenvalue weighted by molar-refractivity contribution is -0.126. The number of piperidine rings is 2. The second kappa shape index (κ2) is 10.5. The number of hydrogen-bond acceptors (Lipinski definition) is 8. The molecule has 5 heterocycles. The molecule has 0 radical (unpaired) electrons. The van der Waals surface area contributed by atoms with Crippen molar-refractivity contribution in [3.05, 3.63) is 34.3 Å². The molecule has 5 rings (SSSR count). The van der Waals surface area contributed by atoms with Gasteiger partial charge in [-0.25, -0.2) is 9.48 Å². The maximum atomic E-state index is 13.4. The zero-order valence-corrected chi connectivity index (χ0v) is 20.6. The van der Waals surface area contributed by atoms with Gasteiger partial charge in [-0.05, 0) is 73.5 Å². The van der Waals surface area contributed by atoms with Crippen LogP contribution in [0.2, 0.25) is 0 Å². The Kier molecular flexibility index (Phi) is 7.26. The van der Waals surface area contributed by atoms with E-state index in [4.69, 9.17) is 4.74 Å². The second-order valence-electron chi connectivity index (χ2n) is 9.79. The summed E-state index contributed by atoms with van der Waals surface area (Å²) in [5.74, 6) is 0.135. The first-order chi connectivity index (χ1) is 16.6. The van der Waals surface area contributed by atoms with Crippen molar-refractivity contribution in [2.45, 2.75) is 63.2 Å². The zero-order chi connectivity index (χ0) is 23.5. The Balaban J connectivity index is 1.26. The number of likely N-dealkylation sites (tertiary alicyclic amines) is 1. The summed E-state index contributed by atoms with van der Waals surface area (Å²) in [4.78, 5) is 30.1. The normalized spacial score (nSPS) is 27.9. The highest BCUT2D eigenvalue weighted by Gasteiger charge is 2.39. The molecule has 2 aromatic heterocycles. The SMILES string of the molecule is COC(=O)c1cn([C@H]2C[C@@H](C(=O)NC[C@@H]3CCCN4CCCC[C@H]34)N(Cc3ccsc3)C2)nn1. The first-order valence-electron chi connectivity index (χ1n) is 12.4. The van der Waals surface area contributed by atoms with Crippen LogP contribution in [0.5, 0.6) is 0 Å². The van der Waals surface area contributed by atoms with Gasteiger partial charge in [0.05, 0.1) is 25.4 Å². The van der Waals surface area contributed by atoms with E-state index in [1.165, 1.54) is 57.9 Å². The number of thiophene rings is 1. The van der Waals surface area contributed by atoms with Crippen LogP contribution in [-0.4, -0.2) is 82.0 Å². The van der Waals surface area contributed by atoms with Crippen LogP contribution in [0.1, 0.15) is 60.6 Å². The molecule has 1 amide bonds. The number of esters is 1. The molecule has 34 heavy (non-hydrogen) atoms. The van der Waals surface area contributed by atoms with Crippen LogP contribution in [-0.2, 0) is 16.1 Å². The summed E-state index contributed by atoms with van der Waals surface area (Å²) in [5.41, 5.74) is 1.40. The molecular formula is C24H34N6O3S. The molecule has 0 bridgehead atoms. The van der Waals surface area contributed by atoms with Gasteiger partial charge in [-0.2, -0.15) is 11.3 Å². The molecule has 0 spiro atoms. The van der Waals surface area contributed by atoms with E-state index in [0.717, 1.165) is 13.1 Å². The molecule has 3 fully saturated rings. The van der Waals surface area contributed by atoms with E-state index >= 15 is 0 Å². The number of carbonyl (C=O) groups is 2. The van der Waals surface area contributed by atoms with Gasteiger partial charge >= 0.3 is 5.97 Å². The van der Waals surface area contributed by atoms with E-state index in [1.807, 2.05) is 0 Å². The maximum absolute atomic E-state index is 13.4. The smallest absolute Gasteiger partial charge is 0.360 e. The van der Waals surface area contributed by atoms with E-state index in [0.29, 0.717) is 24.9 Å². The van der Waals surface area contributed by atoms with Crippen LogP contribution in [0.15, 0.2) is 23.0 Å². The number of methoxy groups -OCH3 is 1. The first kappa shape index (κ1) is 23.4. The van der Waals surface area contributed by atoms with Crippen LogP contribution in [0, 0.1) is 5.92 Å². The van der Waals surface area contributed by atoms with Gasteiger partial charge in [0, 0.05) is 25.7 Å². The maximum Gasteiger partial charge on any atom is 0.360 e. The lowest BCUT2D eigenvalue weighted by atomic mass is 9.83. The fraction of sp³-hybridized carbons (Fsp3) is 0.667. The molecule has 2 aromatic rings. The van der Waals surface area contributed by atoms with Gasteiger partial charge in [0.15, 0.2) is 5.69 Å². The number of rotatable bonds is 7. The number of ether oxygens (including phenoxy) is 1. The van der Waals surface area contributed by atoms with Gasteiger partial charge < -0.3 is 15.0 Å². The highest BCUT2D eigenvalue weighted by molar-refractivity contribution is 7.07. The molecular weight excluding hydrogens is 452 g/mol. The average molecular weight is 487 g/mol. The molecule has 3 aliphatic rings. The largest absolute Gasteiger partial charge is 0.464 e. The van der Waals surface area contributed by atoms with E-state index in [2.05, 4.69) is 42.3 Å². The standard InChI is InChI=1S/C24H34N6O3S/c1-33-24(32)20-15-30(27-26-20)19-11-22(29(14-19)13-17-7-10-34-16-17)23(31)25-12-18-5-4-9-28-8-3-2-6-21(18)28/h7,10,15-16,18-19,21-22H,2-6,8-9,11-14H2,1H3,(H,25,31)/t18-,19-,21+,22-/m0/s1. The Hall–Kier alpha value is -2.30. The Labute approximate surface area is 204 Å². The van der Waals surface area contributed by atoms with Crippen LogP contribution < -0.4 is 5.32 Å². The zero-order valence-electron chi connectivity index (χ0n) is 19.8. The number of hydrogen-bond donors (Lipinski definition) is 1. The lowest BCUT2D eigenvalue weighted by Crippen LogP contribution is -2.52. The summed E-state index contributed by atoms with van der Waals surface area (Å²) >= 11 is 1.67. The lowest BCUT2D eigenvalue weighted by Gasteiger charge is -2.44. The van der Waals surface area contributed by atoms with Gasteiger partial charge in [0.25, 0.3) is 0 Å². The van der Waals surface area contributed by atoms with Gasteiger partial charge in [-0.1, -0.05) is 11.6 Å². The highest BCUT2D eigenvalue weighted by Crippen LogP contribution is 2.32. The third-order valence-electron chi connectivity index (χ3n) is 7.70. The van der Waals surface area contributed by atoms with Crippen LogP contribution in [0.25, 0.3) is 0 Å². The van der Waals surface area contributed by atoms with E-state index in [9.17, 15) is 9.59 Å². The predicted molar refractivity (Wildman–Crippen MR) is 128 cm³/mol. The summed E-state index contributed by atoms with van der Waals surface area (Å²) < 4.78 is 6.47. The van der Waals surface area contributed by atoms with Gasteiger partial charge in [0.2, 0.25) is 5.91 Å². The van der Waals surface area contributed by atoms with Gasteiger partial charge in [-0.3, -0.25) is 9.69 Å². The number of nitrogens with zero attached hydrogens (tertiary/aromatic N) is 5. The molecule has 1 N–H and O–H groups in total. The van der Waals surface area contributed by atoms with E-state index in [1.54, 1.807) is 22.2 Å². The summed E-state index contributed by atoms with van der Waals surface area (Å²) in [5, 5.41) is 15.6. The Morgan fingerprint density at radius 2 is 2.12 bits per heavy atom. The predicted octanol–water partition coefficient (Wildman–Crippen LogP) is 2.32. The molecule has 184 valence electrons. The van der Waals surface area contributed by atoms with Gasteiger partial charge in [-0.15, -0.1) is 5.10 Å². The quantitative estimate of drug-likeness (QED) is 0.601. The molecule has 3 saturated heterocycles. The molecule has 10 heteroatoms. The number of carbonyl (C=O) groups excluding carboxylic acids is 2.